The smallest absolute Gasteiger partial charge is 0.343 e. The molecular formula is C17H22F2N4O3S. The highest BCUT2D eigenvalue weighted by Gasteiger charge is 2.20. The van der Waals surface area contributed by atoms with Crippen molar-refractivity contribution in [2.75, 3.05) is 26.5 Å². The zero-order valence-corrected chi connectivity index (χ0v) is 16.2. The van der Waals surface area contributed by atoms with Gasteiger partial charge in [0.2, 0.25) is 5.91 Å². The Labute approximate surface area is 159 Å². The minimum absolute atomic E-state index is 0.0547. The van der Waals surface area contributed by atoms with Gasteiger partial charge in [0.1, 0.15) is 0 Å². The third-order valence-corrected chi connectivity index (χ3v) is 5.14. The zero-order chi connectivity index (χ0) is 20.0. The molecule has 1 aromatic carbocycles. The molecule has 1 heterocycles. The van der Waals surface area contributed by atoms with Crippen LogP contribution in [0.5, 0.6) is 0 Å². The first-order valence-electron chi connectivity index (χ1n) is 8.32. The van der Waals surface area contributed by atoms with Crippen molar-refractivity contribution in [3.63, 3.8) is 0 Å². The van der Waals surface area contributed by atoms with E-state index in [1.807, 2.05) is 0 Å². The average molecular weight is 400 g/mol. The second-order valence-electron chi connectivity index (χ2n) is 5.95. The lowest BCUT2D eigenvalue weighted by atomic mass is 10.1. The number of aromatic nitrogens is 3. The molecule has 0 radical (unpaired) electrons. The van der Waals surface area contributed by atoms with Gasteiger partial charge in [-0.3, -0.25) is 9.36 Å². The van der Waals surface area contributed by atoms with Crippen molar-refractivity contribution in [3.8, 4) is 0 Å². The van der Waals surface area contributed by atoms with Crippen LogP contribution < -0.4 is 5.69 Å². The van der Waals surface area contributed by atoms with Gasteiger partial charge in [0.15, 0.2) is 16.8 Å². The highest BCUT2D eigenvalue weighted by Crippen LogP contribution is 2.22. The second-order valence-corrected chi connectivity index (χ2v) is 6.89. The Morgan fingerprint density at radius 2 is 2.15 bits per heavy atom. The maximum Gasteiger partial charge on any atom is 0.343 e. The van der Waals surface area contributed by atoms with Crippen molar-refractivity contribution in [3.05, 3.63) is 45.9 Å². The lowest BCUT2D eigenvalue weighted by molar-refractivity contribution is -0.128. The van der Waals surface area contributed by atoms with E-state index in [0.717, 1.165) is 23.9 Å². The molecule has 0 aliphatic carbocycles. The Kier molecular flexibility index (Phi) is 7.55. The fourth-order valence-corrected chi connectivity index (χ4v) is 3.31. The molecule has 0 aliphatic heterocycles. The summed E-state index contributed by atoms with van der Waals surface area (Å²) in [5, 5.41) is 6.72. The summed E-state index contributed by atoms with van der Waals surface area (Å²) in [7, 11) is 3.17. The Bertz CT molecular complexity index is 840. The van der Waals surface area contributed by atoms with Crippen molar-refractivity contribution >= 4 is 17.7 Å². The SMILES string of the molecule is COCCCn1c(SCC(=O)N(C)C(C)c2ccc(F)c(F)c2)n[nH]c1=O. The van der Waals surface area contributed by atoms with E-state index < -0.39 is 17.7 Å². The van der Waals surface area contributed by atoms with Gasteiger partial charge in [-0.05, 0) is 31.0 Å². The fourth-order valence-electron chi connectivity index (χ4n) is 2.42. The number of benzene rings is 1. The molecule has 1 amide bonds. The third-order valence-electron chi connectivity index (χ3n) is 4.18. The normalized spacial score (nSPS) is 12.2. The Morgan fingerprint density at radius 1 is 1.41 bits per heavy atom. The van der Waals surface area contributed by atoms with Gasteiger partial charge in [0.25, 0.3) is 0 Å². The monoisotopic (exact) mass is 400 g/mol. The van der Waals surface area contributed by atoms with E-state index in [1.165, 1.54) is 15.5 Å². The highest BCUT2D eigenvalue weighted by molar-refractivity contribution is 7.99. The molecule has 0 fully saturated rings. The summed E-state index contributed by atoms with van der Waals surface area (Å²) >= 11 is 1.14. The first-order chi connectivity index (χ1) is 12.8. The molecule has 1 atom stereocenters. The van der Waals surface area contributed by atoms with Crippen LogP contribution in [0.2, 0.25) is 0 Å². The number of halogens is 2. The molecule has 148 valence electrons. The van der Waals surface area contributed by atoms with Crippen LogP contribution in [-0.4, -0.2) is 52.1 Å². The largest absolute Gasteiger partial charge is 0.385 e. The first-order valence-corrected chi connectivity index (χ1v) is 9.31. The molecule has 1 N–H and O–H groups in total. The topological polar surface area (TPSA) is 80.2 Å². The molecule has 0 bridgehead atoms. The van der Waals surface area contributed by atoms with Crippen LogP contribution >= 0.6 is 11.8 Å². The molecule has 27 heavy (non-hydrogen) atoms. The standard InChI is InChI=1S/C17H22F2N4O3S/c1-11(12-5-6-13(18)14(19)9-12)22(2)15(24)10-27-17-21-20-16(25)23(17)7-4-8-26-3/h5-6,9,11H,4,7-8,10H2,1-3H3,(H,20,25). The Morgan fingerprint density at radius 3 is 2.81 bits per heavy atom. The number of carbonyl (C=O) groups excluding carboxylic acids is 1. The van der Waals surface area contributed by atoms with E-state index in [-0.39, 0.29) is 17.3 Å². The summed E-state index contributed by atoms with van der Waals surface area (Å²) in [6.07, 6.45) is 0.643. The number of nitrogens with one attached hydrogen (secondary N) is 1. The van der Waals surface area contributed by atoms with Crippen LogP contribution in [-0.2, 0) is 16.1 Å². The molecule has 0 spiro atoms. The van der Waals surface area contributed by atoms with Crippen LogP contribution in [0.25, 0.3) is 0 Å². The molecule has 0 aliphatic rings. The number of hydrogen-bond acceptors (Lipinski definition) is 5. The van der Waals surface area contributed by atoms with Gasteiger partial charge >= 0.3 is 5.69 Å². The molecule has 7 nitrogen and oxygen atoms in total. The third kappa shape index (κ3) is 5.39. The summed E-state index contributed by atoms with van der Waals surface area (Å²) in [4.78, 5) is 25.7. The quantitative estimate of drug-likeness (QED) is 0.516. The van der Waals surface area contributed by atoms with Crippen molar-refractivity contribution < 1.29 is 18.3 Å². The van der Waals surface area contributed by atoms with Crippen molar-refractivity contribution in [2.45, 2.75) is 31.1 Å². The van der Waals surface area contributed by atoms with Crippen LogP contribution in [0.3, 0.4) is 0 Å². The van der Waals surface area contributed by atoms with Crippen LogP contribution in [0.4, 0.5) is 8.78 Å². The molecule has 1 unspecified atom stereocenters. The number of H-pyrrole nitrogens is 1. The number of amides is 1. The lowest BCUT2D eigenvalue weighted by Crippen LogP contribution is -2.31. The van der Waals surface area contributed by atoms with Crippen molar-refractivity contribution in [1.29, 1.82) is 0 Å². The summed E-state index contributed by atoms with van der Waals surface area (Å²) in [6, 6.07) is 3.13. The maximum atomic E-state index is 13.4. The minimum atomic E-state index is -0.953. The fraction of sp³-hybridized carbons (Fsp3) is 0.471. The van der Waals surface area contributed by atoms with Gasteiger partial charge in [-0.15, -0.1) is 5.10 Å². The summed E-state index contributed by atoms with van der Waals surface area (Å²) in [6.45, 7) is 2.67. The summed E-state index contributed by atoms with van der Waals surface area (Å²) in [5.74, 6) is -2.05. The van der Waals surface area contributed by atoms with Crippen molar-refractivity contribution in [2.24, 2.45) is 0 Å². The van der Waals surface area contributed by atoms with Gasteiger partial charge in [-0.1, -0.05) is 17.8 Å². The Hall–Kier alpha value is -2.20. The number of methoxy groups -OCH3 is 1. The number of carbonyl (C=O) groups is 1. The van der Waals surface area contributed by atoms with Crippen molar-refractivity contribution in [1.82, 2.24) is 19.7 Å². The molecule has 10 heteroatoms. The predicted molar refractivity (Wildman–Crippen MR) is 97.6 cm³/mol. The zero-order valence-electron chi connectivity index (χ0n) is 15.4. The molecule has 2 aromatic rings. The van der Waals surface area contributed by atoms with Gasteiger partial charge in [0, 0.05) is 27.3 Å². The van der Waals surface area contributed by atoms with Crippen LogP contribution in [0, 0.1) is 11.6 Å². The number of thioether (sulfide) groups is 1. The molecule has 2 rings (SSSR count). The predicted octanol–water partition coefficient (Wildman–Crippen LogP) is 2.20. The number of hydrogen-bond donors (Lipinski definition) is 1. The summed E-state index contributed by atoms with van der Waals surface area (Å²) in [5.41, 5.74) is 0.149. The van der Waals surface area contributed by atoms with Crippen LogP contribution in [0.1, 0.15) is 24.9 Å². The molecular weight excluding hydrogens is 378 g/mol. The molecule has 0 saturated carbocycles. The number of aromatic amines is 1. The maximum absolute atomic E-state index is 13.4. The minimum Gasteiger partial charge on any atom is -0.385 e. The van der Waals surface area contributed by atoms with E-state index in [2.05, 4.69) is 10.2 Å². The van der Waals surface area contributed by atoms with Gasteiger partial charge in [0.05, 0.1) is 11.8 Å². The number of ether oxygens (including phenoxy) is 1. The van der Waals surface area contributed by atoms with Crippen LogP contribution in [0.15, 0.2) is 28.2 Å². The molecule has 0 saturated heterocycles. The summed E-state index contributed by atoms with van der Waals surface area (Å²) < 4.78 is 32.9. The van der Waals surface area contributed by atoms with Gasteiger partial charge in [-0.25, -0.2) is 18.7 Å². The van der Waals surface area contributed by atoms with E-state index >= 15 is 0 Å². The van der Waals surface area contributed by atoms with Gasteiger partial charge in [-0.2, -0.15) is 0 Å². The highest BCUT2D eigenvalue weighted by atomic mass is 32.2. The number of rotatable bonds is 9. The van der Waals surface area contributed by atoms with E-state index in [4.69, 9.17) is 4.74 Å². The van der Waals surface area contributed by atoms with E-state index in [1.54, 1.807) is 21.1 Å². The Balaban J connectivity index is 1.98. The average Bonchev–Trinajstić information content (AvgIpc) is 3.01. The number of nitrogens with zero attached hydrogens (tertiary/aromatic N) is 3. The second kappa shape index (κ2) is 9.65. The molecule has 1 aromatic heterocycles. The lowest BCUT2D eigenvalue weighted by Gasteiger charge is -2.25. The van der Waals surface area contributed by atoms with E-state index in [0.29, 0.717) is 30.3 Å². The first kappa shape index (κ1) is 21.1. The van der Waals surface area contributed by atoms with E-state index in [9.17, 15) is 18.4 Å². The van der Waals surface area contributed by atoms with Gasteiger partial charge < -0.3 is 9.64 Å².